The highest BCUT2D eigenvalue weighted by Crippen LogP contribution is 2.31. The molecule has 0 bridgehead atoms. The number of amides is 2. The molecule has 0 saturated carbocycles. The summed E-state index contributed by atoms with van der Waals surface area (Å²) in [4.78, 5) is 26.8. The van der Waals surface area contributed by atoms with Gasteiger partial charge in [-0.15, -0.1) is 0 Å². The third kappa shape index (κ3) is 3.77. The molecule has 0 unspecified atom stereocenters. The summed E-state index contributed by atoms with van der Waals surface area (Å²) >= 11 is 0. The van der Waals surface area contributed by atoms with Gasteiger partial charge in [0.1, 0.15) is 6.54 Å². The molecule has 0 saturated heterocycles. The first-order valence-electron chi connectivity index (χ1n) is 9.64. The molecule has 1 N–H and O–H groups in total. The van der Waals surface area contributed by atoms with E-state index >= 15 is 0 Å². The SMILES string of the molecule is Cc1cc(C(=O)N2CC(=O)Nc3ccccc32)ccc1N(C)S(=O)(=O)c1ccccc1. The Morgan fingerprint density at radius 3 is 2.39 bits per heavy atom. The Balaban J connectivity index is 1.65. The number of nitrogens with zero attached hydrogens (tertiary/aromatic N) is 2. The maximum absolute atomic E-state index is 13.2. The number of fused-ring (bicyclic) bond motifs is 1. The highest BCUT2D eigenvalue weighted by Gasteiger charge is 2.28. The van der Waals surface area contributed by atoms with Gasteiger partial charge in [-0.3, -0.25) is 18.8 Å². The van der Waals surface area contributed by atoms with Crippen LogP contribution in [0.15, 0.2) is 77.7 Å². The average molecular weight is 436 g/mol. The second kappa shape index (κ2) is 7.88. The van der Waals surface area contributed by atoms with Gasteiger partial charge in [0.2, 0.25) is 5.91 Å². The molecule has 7 nitrogen and oxygen atoms in total. The quantitative estimate of drug-likeness (QED) is 0.680. The number of aryl methyl sites for hydroxylation is 1. The molecule has 8 heteroatoms. The van der Waals surface area contributed by atoms with Crippen molar-refractivity contribution in [2.45, 2.75) is 11.8 Å². The van der Waals surface area contributed by atoms with Crippen LogP contribution in [0.5, 0.6) is 0 Å². The second-order valence-electron chi connectivity index (χ2n) is 7.24. The summed E-state index contributed by atoms with van der Waals surface area (Å²) in [5.41, 5.74) is 2.67. The van der Waals surface area contributed by atoms with Gasteiger partial charge in [0, 0.05) is 12.6 Å². The first-order valence-corrected chi connectivity index (χ1v) is 11.1. The molecular formula is C23H21N3O4S. The molecule has 0 radical (unpaired) electrons. The average Bonchev–Trinajstić information content (AvgIpc) is 2.78. The van der Waals surface area contributed by atoms with Crippen molar-refractivity contribution in [3.8, 4) is 0 Å². The van der Waals surface area contributed by atoms with E-state index in [2.05, 4.69) is 5.32 Å². The number of sulfonamides is 1. The van der Waals surface area contributed by atoms with Crippen LogP contribution in [-0.2, 0) is 14.8 Å². The minimum absolute atomic E-state index is 0.0844. The van der Waals surface area contributed by atoms with Gasteiger partial charge in [-0.05, 0) is 55.0 Å². The minimum atomic E-state index is -3.73. The van der Waals surface area contributed by atoms with E-state index in [4.69, 9.17) is 0 Å². The summed E-state index contributed by atoms with van der Waals surface area (Å²) < 4.78 is 27.1. The van der Waals surface area contributed by atoms with Gasteiger partial charge in [-0.1, -0.05) is 30.3 Å². The molecule has 0 spiro atoms. The summed E-state index contributed by atoms with van der Waals surface area (Å²) in [6.07, 6.45) is 0. The van der Waals surface area contributed by atoms with E-state index in [-0.39, 0.29) is 23.3 Å². The Hall–Kier alpha value is -3.65. The maximum atomic E-state index is 13.2. The van der Waals surface area contributed by atoms with Gasteiger partial charge >= 0.3 is 0 Å². The lowest BCUT2D eigenvalue weighted by Gasteiger charge is -2.29. The molecule has 1 aliphatic heterocycles. The molecule has 1 heterocycles. The van der Waals surface area contributed by atoms with Crippen LogP contribution in [0.1, 0.15) is 15.9 Å². The zero-order valence-corrected chi connectivity index (χ0v) is 17.9. The Bertz CT molecular complexity index is 1270. The van der Waals surface area contributed by atoms with Crippen LogP contribution in [0.2, 0.25) is 0 Å². The predicted molar refractivity (Wildman–Crippen MR) is 120 cm³/mol. The normalized spacial score (nSPS) is 13.4. The summed E-state index contributed by atoms with van der Waals surface area (Å²) in [6.45, 7) is 1.67. The van der Waals surface area contributed by atoms with Crippen molar-refractivity contribution in [3.05, 3.63) is 83.9 Å². The minimum Gasteiger partial charge on any atom is -0.323 e. The molecule has 1 aliphatic rings. The largest absolute Gasteiger partial charge is 0.323 e. The number of nitrogens with one attached hydrogen (secondary N) is 1. The highest BCUT2D eigenvalue weighted by atomic mass is 32.2. The van der Waals surface area contributed by atoms with E-state index in [1.54, 1.807) is 67.6 Å². The summed E-state index contributed by atoms with van der Waals surface area (Å²) in [6, 6.07) is 20.1. The third-order valence-electron chi connectivity index (χ3n) is 5.20. The lowest BCUT2D eigenvalue weighted by Crippen LogP contribution is -2.42. The van der Waals surface area contributed by atoms with Gasteiger partial charge in [-0.25, -0.2) is 8.42 Å². The van der Waals surface area contributed by atoms with Crippen molar-refractivity contribution >= 4 is 38.9 Å². The van der Waals surface area contributed by atoms with E-state index in [9.17, 15) is 18.0 Å². The van der Waals surface area contributed by atoms with Gasteiger partial charge < -0.3 is 5.32 Å². The van der Waals surface area contributed by atoms with Gasteiger partial charge in [0.15, 0.2) is 0 Å². The topological polar surface area (TPSA) is 86.8 Å². The Morgan fingerprint density at radius 1 is 1.00 bits per heavy atom. The molecule has 2 amide bonds. The van der Waals surface area contributed by atoms with E-state index < -0.39 is 10.0 Å². The van der Waals surface area contributed by atoms with Crippen molar-refractivity contribution in [1.29, 1.82) is 0 Å². The van der Waals surface area contributed by atoms with Gasteiger partial charge in [0.05, 0.1) is 22.0 Å². The summed E-state index contributed by atoms with van der Waals surface area (Å²) in [7, 11) is -2.25. The van der Waals surface area contributed by atoms with Crippen LogP contribution in [0, 0.1) is 6.92 Å². The summed E-state index contributed by atoms with van der Waals surface area (Å²) in [5, 5.41) is 2.76. The van der Waals surface area contributed by atoms with E-state index in [0.717, 1.165) is 0 Å². The molecule has 3 aromatic rings. The molecule has 3 aromatic carbocycles. The van der Waals surface area contributed by atoms with E-state index in [1.807, 2.05) is 0 Å². The second-order valence-corrected chi connectivity index (χ2v) is 9.21. The van der Waals surface area contributed by atoms with Crippen LogP contribution in [-0.4, -0.2) is 33.8 Å². The zero-order chi connectivity index (χ0) is 22.2. The summed E-state index contributed by atoms with van der Waals surface area (Å²) in [5.74, 6) is -0.598. The first kappa shape index (κ1) is 20.6. The number of rotatable bonds is 4. The number of hydrogen-bond acceptors (Lipinski definition) is 4. The molecule has 0 fully saturated rings. The van der Waals surface area contributed by atoms with E-state index in [1.165, 1.54) is 28.4 Å². The smallest absolute Gasteiger partial charge is 0.264 e. The van der Waals surface area contributed by atoms with Crippen LogP contribution in [0.4, 0.5) is 17.1 Å². The number of anilines is 3. The molecule has 0 atom stereocenters. The molecule has 4 rings (SSSR count). The van der Waals surface area contributed by atoms with E-state index in [0.29, 0.717) is 28.2 Å². The Labute approximate surface area is 181 Å². The highest BCUT2D eigenvalue weighted by molar-refractivity contribution is 7.92. The van der Waals surface area contributed by atoms with Crippen molar-refractivity contribution in [1.82, 2.24) is 0 Å². The van der Waals surface area contributed by atoms with Crippen molar-refractivity contribution in [3.63, 3.8) is 0 Å². The fourth-order valence-electron chi connectivity index (χ4n) is 3.59. The first-order chi connectivity index (χ1) is 14.8. The third-order valence-corrected chi connectivity index (χ3v) is 6.99. The van der Waals surface area contributed by atoms with Crippen LogP contribution >= 0.6 is 0 Å². The van der Waals surface area contributed by atoms with Gasteiger partial charge in [0.25, 0.3) is 15.9 Å². The fraction of sp³-hybridized carbons (Fsp3) is 0.130. The Morgan fingerprint density at radius 2 is 1.68 bits per heavy atom. The number of para-hydroxylation sites is 2. The zero-order valence-electron chi connectivity index (χ0n) is 17.1. The Kier molecular flexibility index (Phi) is 5.24. The van der Waals surface area contributed by atoms with Crippen molar-refractivity contribution in [2.75, 3.05) is 28.1 Å². The number of carbonyl (C=O) groups excluding carboxylic acids is 2. The van der Waals surface area contributed by atoms with Crippen molar-refractivity contribution in [2.24, 2.45) is 0 Å². The predicted octanol–water partition coefficient (Wildman–Crippen LogP) is 3.42. The van der Waals surface area contributed by atoms with Gasteiger partial charge in [-0.2, -0.15) is 0 Å². The number of benzene rings is 3. The van der Waals surface area contributed by atoms with Crippen molar-refractivity contribution < 1.29 is 18.0 Å². The standard InChI is InChI=1S/C23H21N3O4S/c1-16-14-17(23(28)26-15-22(27)24-19-10-6-7-11-21(19)26)12-13-20(16)25(2)31(29,30)18-8-4-3-5-9-18/h3-14H,15H2,1-2H3,(H,24,27). The molecule has 0 aromatic heterocycles. The fourth-order valence-corrected chi connectivity index (χ4v) is 4.87. The molecule has 31 heavy (non-hydrogen) atoms. The molecular weight excluding hydrogens is 414 g/mol. The van der Waals surface area contributed by atoms with Crippen LogP contribution in [0.3, 0.4) is 0 Å². The number of hydrogen-bond donors (Lipinski definition) is 1. The lowest BCUT2D eigenvalue weighted by atomic mass is 10.1. The maximum Gasteiger partial charge on any atom is 0.264 e. The monoisotopic (exact) mass is 435 g/mol. The van der Waals surface area contributed by atoms with Crippen LogP contribution < -0.4 is 14.5 Å². The number of carbonyl (C=O) groups is 2. The molecule has 158 valence electrons. The van der Waals surface area contributed by atoms with Crippen LogP contribution in [0.25, 0.3) is 0 Å². The lowest BCUT2D eigenvalue weighted by molar-refractivity contribution is -0.115. The molecule has 0 aliphatic carbocycles.